The van der Waals surface area contributed by atoms with Crippen molar-refractivity contribution in [3.05, 3.63) is 81.0 Å². The zero-order valence-electron chi connectivity index (χ0n) is 19.4. The van der Waals surface area contributed by atoms with E-state index in [9.17, 15) is 53.5 Å². The minimum Gasteiger partial charge on any atom is -0.322 e. The molecule has 0 saturated heterocycles. The standard InChI is InChI=1S/C23H11BrClF10N3O2S/c24-14-8-11(20(26,21(27,28)29)22(30,31)32)9-15(41-23(33,34)35)16(14)38-18(39)10-3-1-4-12(7-10)37-19(40)13-5-2-6-36-17(13)25/h1-9H,(H,37,40)(H,38,39). The van der Waals surface area contributed by atoms with E-state index < -0.39 is 67.7 Å². The summed E-state index contributed by atoms with van der Waals surface area (Å²) >= 11 is 7.21. The summed E-state index contributed by atoms with van der Waals surface area (Å²) in [5, 5.41) is 4.22. The van der Waals surface area contributed by atoms with Crippen LogP contribution in [0.2, 0.25) is 5.15 Å². The molecular formula is C23H11BrClF10N3O2S. The van der Waals surface area contributed by atoms with Gasteiger partial charge < -0.3 is 10.6 Å². The Labute approximate surface area is 240 Å². The lowest BCUT2D eigenvalue weighted by Crippen LogP contribution is -2.50. The Kier molecular flexibility index (Phi) is 9.25. The molecule has 1 heterocycles. The summed E-state index contributed by atoms with van der Waals surface area (Å²) in [6.07, 6.45) is -11.9. The van der Waals surface area contributed by atoms with E-state index in [0.717, 1.165) is 12.1 Å². The van der Waals surface area contributed by atoms with Crippen molar-refractivity contribution in [3.63, 3.8) is 0 Å². The second kappa shape index (κ2) is 11.7. The van der Waals surface area contributed by atoms with Crippen molar-refractivity contribution < 1.29 is 53.5 Å². The maximum Gasteiger partial charge on any atom is 0.446 e. The Morgan fingerprint density at radius 1 is 0.829 bits per heavy atom. The Balaban J connectivity index is 2.00. The van der Waals surface area contributed by atoms with Crippen LogP contribution < -0.4 is 10.6 Å². The van der Waals surface area contributed by atoms with Crippen LogP contribution in [0.5, 0.6) is 0 Å². The summed E-state index contributed by atoms with van der Waals surface area (Å²) in [5.74, 6) is -1.93. The van der Waals surface area contributed by atoms with Gasteiger partial charge in [0.25, 0.3) is 11.8 Å². The number of amides is 2. The lowest BCUT2D eigenvalue weighted by molar-refractivity contribution is -0.348. The van der Waals surface area contributed by atoms with Crippen LogP contribution in [0.1, 0.15) is 26.3 Å². The Morgan fingerprint density at radius 3 is 2.02 bits per heavy atom. The molecular weight excluding hydrogens is 688 g/mol. The molecule has 0 radical (unpaired) electrons. The number of rotatable bonds is 6. The largest absolute Gasteiger partial charge is 0.446 e. The molecule has 3 aromatic rings. The van der Waals surface area contributed by atoms with Crippen LogP contribution in [0.15, 0.2) is 64.1 Å². The van der Waals surface area contributed by atoms with Gasteiger partial charge in [-0.15, -0.1) is 0 Å². The van der Waals surface area contributed by atoms with Crippen LogP contribution in [-0.2, 0) is 5.67 Å². The SMILES string of the molecule is O=C(Nc1c(Br)cc(C(F)(C(F)(F)F)C(F)(F)F)cc1SC(F)(F)F)c1cccc(NC(=O)c2cccnc2Cl)c1. The third-order valence-corrected chi connectivity index (χ3v) is 6.78. The molecule has 220 valence electrons. The Bertz CT molecular complexity index is 1470. The number of hydrogen-bond acceptors (Lipinski definition) is 4. The molecule has 0 aliphatic carbocycles. The summed E-state index contributed by atoms with van der Waals surface area (Å²) < 4.78 is 133. The summed E-state index contributed by atoms with van der Waals surface area (Å²) in [5.41, 5.74) is -14.7. The van der Waals surface area contributed by atoms with E-state index in [1.54, 1.807) is 0 Å². The molecule has 0 fully saturated rings. The first-order valence-electron chi connectivity index (χ1n) is 10.5. The van der Waals surface area contributed by atoms with Crippen molar-refractivity contribution >= 4 is 62.5 Å². The van der Waals surface area contributed by atoms with Crippen molar-refractivity contribution in [2.45, 2.75) is 28.4 Å². The quantitative estimate of drug-likeness (QED) is 0.153. The smallest absolute Gasteiger partial charge is 0.322 e. The second-order valence-corrected chi connectivity index (χ2v) is 10.2. The molecule has 18 heteroatoms. The third-order valence-electron chi connectivity index (χ3n) is 5.08. The van der Waals surface area contributed by atoms with E-state index in [0.29, 0.717) is 0 Å². The van der Waals surface area contributed by atoms with E-state index in [1.807, 2.05) is 5.32 Å². The molecule has 0 aliphatic heterocycles. The highest BCUT2D eigenvalue weighted by atomic mass is 79.9. The summed E-state index contributed by atoms with van der Waals surface area (Å²) in [4.78, 5) is 27.6. The molecule has 5 nitrogen and oxygen atoms in total. The van der Waals surface area contributed by atoms with Crippen molar-refractivity contribution in [3.8, 4) is 0 Å². The van der Waals surface area contributed by atoms with Gasteiger partial charge in [-0.2, -0.15) is 39.5 Å². The van der Waals surface area contributed by atoms with Crippen LogP contribution in [0.4, 0.5) is 55.3 Å². The highest BCUT2D eigenvalue weighted by Gasteiger charge is 2.73. The first-order chi connectivity index (χ1) is 18.7. The monoisotopic (exact) mass is 697 g/mol. The molecule has 2 aromatic carbocycles. The van der Waals surface area contributed by atoms with Crippen LogP contribution >= 0.6 is 39.3 Å². The van der Waals surface area contributed by atoms with Crippen molar-refractivity contribution in [2.24, 2.45) is 0 Å². The fraction of sp³-hybridized carbons (Fsp3) is 0.174. The van der Waals surface area contributed by atoms with E-state index in [4.69, 9.17) is 11.6 Å². The minimum absolute atomic E-state index is 0.000518. The normalized spacial score (nSPS) is 12.7. The van der Waals surface area contributed by atoms with Crippen molar-refractivity contribution in [2.75, 3.05) is 10.6 Å². The maximum atomic E-state index is 14.6. The number of carbonyl (C=O) groups excluding carboxylic acids is 2. The average molecular weight is 699 g/mol. The van der Waals surface area contributed by atoms with Gasteiger partial charge in [0, 0.05) is 32.4 Å². The first kappa shape index (κ1) is 32.5. The number of hydrogen-bond donors (Lipinski definition) is 2. The fourth-order valence-electron chi connectivity index (χ4n) is 3.27. The molecule has 0 aliphatic rings. The van der Waals surface area contributed by atoms with Crippen LogP contribution in [-0.4, -0.2) is 34.7 Å². The number of carbonyl (C=O) groups is 2. The summed E-state index contributed by atoms with van der Waals surface area (Å²) in [6.45, 7) is 0. The summed E-state index contributed by atoms with van der Waals surface area (Å²) in [7, 11) is 0. The average Bonchev–Trinajstić information content (AvgIpc) is 2.83. The molecule has 0 saturated carbocycles. The maximum absolute atomic E-state index is 14.6. The number of aromatic nitrogens is 1. The number of thioether (sulfide) groups is 1. The minimum atomic E-state index is -6.60. The Morgan fingerprint density at radius 2 is 1.46 bits per heavy atom. The van der Waals surface area contributed by atoms with Gasteiger partial charge in [0.05, 0.1) is 11.3 Å². The number of nitrogens with one attached hydrogen (secondary N) is 2. The molecule has 0 unspecified atom stereocenters. The van der Waals surface area contributed by atoms with E-state index >= 15 is 0 Å². The van der Waals surface area contributed by atoms with Gasteiger partial charge in [0.15, 0.2) is 0 Å². The zero-order chi connectivity index (χ0) is 31.0. The second-order valence-electron chi connectivity index (χ2n) is 7.86. The van der Waals surface area contributed by atoms with Gasteiger partial charge in [0.1, 0.15) is 5.15 Å². The molecule has 0 atom stereocenters. The number of halogens is 12. The topological polar surface area (TPSA) is 71.1 Å². The van der Waals surface area contributed by atoms with Crippen molar-refractivity contribution in [1.29, 1.82) is 0 Å². The van der Waals surface area contributed by atoms with E-state index in [-0.39, 0.29) is 34.1 Å². The molecule has 1 aromatic heterocycles. The predicted octanol–water partition coefficient (Wildman–Crippen LogP) is 8.90. The molecule has 2 amide bonds. The highest BCUT2D eigenvalue weighted by Crippen LogP contribution is 2.55. The van der Waals surface area contributed by atoms with Gasteiger partial charge in [-0.25, -0.2) is 9.37 Å². The number of alkyl halides is 10. The van der Waals surface area contributed by atoms with Crippen LogP contribution in [0.3, 0.4) is 0 Å². The summed E-state index contributed by atoms with van der Waals surface area (Å²) in [6, 6.07) is 7.20. The number of pyridine rings is 1. The Hall–Kier alpha value is -3.05. The van der Waals surface area contributed by atoms with Crippen LogP contribution in [0.25, 0.3) is 0 Å². The number of benzene rings is 2. The lowest BCUT2D eigenvalue weighted by atomic mass is 9.94. The van der Waals surface area contributed by atoms with Gasteiger partial charge in [0.2, 0.25) is 0 Å². The first-order valence-corrected chi connectivity index (χ1v) is 12.5. The van der Waals surface area contributed by atoms with E-state index in [2.05, 4.69) is 26.2 Å². The molecule has 41 heavy (non-hydrogen) atoms. The van der Waals surface area contributed by atoms with Gasteiger partial charge >= 0.3 is 23.5 Å². The van der Waals surface area contributed by atoms with Gasteiger partial charge in [-0.05, 0) is 70.2 Å². The fourth-order valence-corrected chi connectivity index (χ4v) is 4.87. The predicted molar refractivity (Wildman–Crippen MR) is 133 cm³/mol. The molecule has 0 bridgehead atoms. The lowest BCUT2D eigenvalue weighted by Gasteiger charge is -2.31. The van der Waals surface area contributed by atoms with Gasteiger partial charge in [-0.3, -0.25) is 9.59 Å². The highest BCUT2D eigenvalue weighted by molar-refractivity contribution is 9.10. The molecule has 3 rings (SSSR count). The number of anilines is 2. The zero-order valence-corrected chi connectivity index (χ0v) is 22.6. The van der Waals surface area contributed by atoms with Crippen LogP contribution in [0, 0.1) is 0 Å². The molecule has 2 N–H and O–H groups in total. The number of nitrogens with zero attached hydrogens (tertiary/aromatic N) is 1. The molecule has 0 spiro atoms. The van der Waals surface area contributed by atoms with E-state index in [1.165, 1.54) is 30.5 Å². The van der Waals surface area contributed by atoms with Gasteiger partial charge in [-0.1, -0.05) is 17.7 Å². The third kappa shape index (κ3) is 7.24. The van der Waals surface area contributed by atoms with Crippen molar-refractivity contribution in [1.82, 2.24) is 4.98 Å².